The quantitative estimate of drug-likeness (QED) is 0.0529. The van der Waals surface area contributed by atoms with E-state index in [0.29, 0.717) is 185 Å². The molecule has 0 amide bonds. The molecule has 1 rings (SSSR count). The summed E-state index contributed by atoms with van der Waals surface area (Å²) in [6.45, 7) is 19.2. The Morgan fingerprint density at radius 3 is 1.35 bits per heavy atom. The molecule has 0 radical (unpaired) electrons. The van der Waals surface area contributed by atoms with Crippen LogP contribution in [0.25, 0.3) is 0 Å². The Morgan fingerprint density at radius 1 is 0.600 bits per heavy atom. The lowest BCUT2D eigenvalue weighted by atomic mass is 10.3. The summed E-state index contributed by atoms with van der Waals surface area (Å²) in [7, 11) is -3.89. The molecule has 0 aromatic carbocycles. The van der Waals surface area contributed by atoms with E-state index < -0.39 is 15.9 Å². The van der Waals surface area contributed by atoms with Crippen molar-refractivity contribution >= 4 is 10.1 Å². The second-order valence-electron chi connectivity index (χ2n) is 12.4. The summed E-state index contributed by atoms with van der Waals surface area (Å²) in [6, 6.07) is 0. The van der Waals surface area contributed by atoms with Crippen LogP contribution in [-0.4, -0.2) is 208 Å². The van der Waals surface area contributed by atoms with Gasteiger partial charge in [-0.1, -0.05) is 6.08 Å². The molecule has 1 aliphatic heterocycles. The second-order valence-corrected chi connectivity index (χ2v) is 14.0. The predicted molar refractivity (Wildman–Crippen MR) is 200 cm³/mol. The maximum atomic E-state index is 10.6. The summed E-state index contributed by atoms with van der Waals surface area (Å²) >= 11 is 0. The van der Waals surface area contributed by atoms with Gasteiger partial charge >= 0.3 is 0 Å². The van der Waals surface area contributed by atoms with E-state index in [4.69, 9.17) is 75.6 Å². The van der Waals surface area contributed by atoms with Crippen LogP contribution in [0.1, 0.15) is 26.7 Å². The topological polar surface area (TPSA) is 193 Å². The van der Waals surface area contributed by atoms with Crippen molar-refractivity contribution in [2.45, 2.75) is 44.7 Å². The number of ether oxygens (including phenoxy) is 15. The minimum absolute atomic E-state index is 0.0945. The van der Waals surface area contributed by atoms with Crippen LogP contribution in [0.3, 0.4) is 0 Å². The van der Waals surface area contributed by atoms with Crippen molar-refractivity contribution in [2.24, 2.45) is 0 Å². The Balaban J connectivity index is 1.73. The normalized spacial score (nSPS) is 16.2. The molecule has 55 heavy (non-hydrogen) atoms. The van der Waals surface area contributed by atoms with Gasteiger partial charge in [0.1, 0.15) is 12.2 Å². The zero-order valence-electron chi connectivity index (χ0n) is 33.2. The fourth-order valence-electron chi connectivity index (χ4n) is 4.45. The monoisotopic (exact) mass is 822 g/mol. The largest absolute Gasteiger partial charge is 0.379 e. The third-order valence-electron chi connectivity index (χ3n) is 7.08. The van der Waals surface area contributed by atoms with Crippen molar-refractivity contribution in [1.82, 2.24) is 0 Å². The van der Waals surface area contributed by atoms with Crippen LogP contribution >= 0.6 is 0 Å². The lowest BCUT2D eigenvalue weighted by Gasteiger charge is -2.20. The first kappa shape index (κ1) is 52.1. The molecular weight excluding hydrogens is 752 g/mol. The number of unbranched alkanes of at least 4 members (excludes halogenated alkanes) is 1. The van der Waals surface area contributed by atoms with Gasteiger partial charge in [0.05, 0.1) is 171 Å². The van der Waals surface area contributed by atoms with Crippen LogP contribution in [-0.2, 0) is 81.2 Å². The van der Waals surface area contributed by atoms with E-state index in [9.17, 15) is 8.42 Å². The smallest absolute Gasteiger partial charge is 0.264 e. The standard InChI is InChI=1S/C36H70O18S/c1-4-7-50-30-34(31-51-32-35-33-53-36(2,3)54-35)52-28-27-49-26-25-48-24-23-47-22-21-46-20-19-45-18-17-44-16-15-43-14-13-42-12-11-41-10-9-40-8-5-6-29-55(37,38)39/h4,34-35H,1,5-33H2,2-3H3,(H,37,38,39). The van der Waals surface area contributed by atoms with Crippen molar-refractivity contribution < 1.29 is 84.0 Å². The van der Waals surface area contributed by atoms with E-state index in [0.717, 1.165) is 0 Å². The van der Waals surface area contributed by atoms with Crippen LogP contribution < -0.4 is 0 Å². The van der Waals surface area contributed by atoms with E-state index in [-0.39, 0.29) is 18.0 Å². The molecule has 0 aliphatic carbocycles. The van der Waals surface area contributed by atoms with Crippen molar-refractivity contribution in [1.29, 1.82) is 0 Å². The van der Waals surface area contributed by atoms with Gasteiger partial charge in [0.15, 0.2) is 5.79 Å². The predicted octanol–water partition coefficient (Wildman–Crippen LogP) is 1.58. The Bertz CT molecular complexity index is 944. The first-order valence-electron chi connectivity index (χ1n) is 19.1. The molecule has 1 N–H and O–H groups in total. The van der Waals surface area contributed by atoms with E-state index in [2.05, 4.69) is 6.58 Å². The van der Waals surface area contributed by atoms with Gasteiger partial charge < -0.3 is 71.1 Å². The van der Waals surface area contributed by atoms with Gasteiger partial charge in [0, 0.05) is 6.61 Å². The Labute approximate surface area is 328 Å². The van der Waals surface area contributed by atoms with Crippen LogP contribution in [0.4, 0.5) is 0 Å². The van der Waals surface area contributed by atoms with Gasteiger partial charge in [-0.25, -0.2) is 0 Å². The van der Waals surface area contributed by atoms with Crippen LogP contribution in [0, 0.1) is 0 Å². The van der Waals surface area contributed by atoms with Crippen LogP contribution in [0.2, 0.25) is 0 Å². The zero-order valence-corrected chi connectivity index (χ0v) is 34.1. The third-order valence-corrected chi connectivity index (χ3v) is 7.89. The number of rotatable bonds is 44. The second kappa shape index (κ2) is 37.3. The first-order valence-corrected chi connectivity index (χ1v) is 20.7. The first-order chi connectivity index (χ1) is 26.7. The summed E-state index contributed by atoms with van der Waals surface area (Å²) in [5.41, 5.74) is 0. The fourth-order valence-corrected chi connectivity index (χ4v) is 5.02. The molecule has 0 aromatic rings. The van der Waals surface area contributed by atoms with Gasteiger partial charge in [-0.15, -0.1) is 6.58 Å². The molecule has 1 heterocycles. The maximum absolute atomic E-state index is 10.6. The van der Waals surface area contributed by atoms with E-state index >= 15 is 0 Å². The van der Waals surface area contributed by atoms with Gasteiger partial charge in [-0.05, 0) is 26.7 Å². The summed E-state index contributed by atoms with van der Waals surface area (Å²) < 4.78 is 113. The highest BCUT2D eigenvalue weighted by Gasteiger charge is 2.32. The fraction of sp³-hybridized carbons (Fsp3) is 0.944. The molecule has 0 spiro atoms. The van der Waals surface area contributed by atoms with Gasteiger partial charge in [-0.2, -0.15) is 8.42 Å². The molecule has 1 fully saturated rings. The Hall–Kier alpha value is -0.950. The average molecular weight is 823 g/mol. The van der Waals surface area contributed by atoms with E-state index in [1.807, 2.05) is 13.8 Å². The summed E-state index contributed by atoms with van der Waals surface area (Å²) in [6.07, 6.45) is 2.30. The molecule has 1 aliphatic rings. The summed E-state index contributed by atoms with van der Waals surface area (Å²) in [5, 5.41) is 0. The lowest BCUT2D eigenvalue weighted by Crippen LogP contribution is -2.30. The molecule has 0 aromatic heterocycles. The average Bonchev–Trinajstić information content (AvgIpc) is 3.50. The minimum atomic E-state index is -3.89. The van der Waals surface area contributed by atoms with E-state index in [1.165, 1.54) is 0 Å². The van der Waals surface area contributed by atoms with Gasteiger partial charge in [0.2, 0.25) is 0 Å². The van der Waals surface area contributed by atoms with Crippen LogP contribution in [0.15, 0.2) is 12.7 Å². The molecule has 1 saturated heterocycles. The number of hydrogen-bond acceptors (Lipinski definition) is 17. The zero-order chi connectivity index (χ0) is 40.0. The highest BCUT2D eigenvalue weighted by Crippen LogP contribution is 2.22. The van der Waals surface area contributed by atoms with Crippen molar-refractivity contribution in [3.05, 3.63) is 12.7 Å². The molecule has 2 unspecified atom stereocenters. The SMILES string of the molecule is C=CCOCC(COCC1COC(C)(C)O1)OCCOCCOCCOCCOCCOCCOCCOCCOCCOCCOCCCCS(=O)(=O)O. The van der Waals surface area contributed by atoms with Gasteiger partial charge in [-0.3, -0.25) is 4.55 Å². The number of hydrogen-bond donors (Lipinski definition) is 1. The third kappa shape index (κ3) is 38.3. The van der Waals surface area contributed by atoms with Crippen LogP contribution in [0.5, 0.6) is 0 Å². The lowest BCUT2D eigenvalue weighted by molar-refractivity contribution is -0.148. The van der Waals surface area contributed by atoms with Crippen molar-refractivity contribution in [2.75, 3.05) is 178 Å². The Morgan fingerprint density at radius 2 is 0.982 bits per heavy atom. The van der Waals surface area contributed by atoms with Crippen molar-refractivity contribution in [3.63, 3.8) is 0 Å². The van der Waals surface area contributed by atoms with Gasteiger partial charge in [0.25, 0.3) is 10.1 Å². The summed E-state index contributed by atoms with van der Waals surface area (Å²) in [5.74, 6) is -0.819. The van der Waals surface area contributed by atoms with E-state index in [1.54, 1.807) is 6.08 Å². The molecule has 328 valence electrons. The molecule has 2 atom stereocenters. The maximum Gasteiger partial charge on any atom is 0.264 e. The molecule has 0 saturated carbocycles. The Kier molecular flexibility index (Phi) is 35.3. The molecular formula is C36H70O18S. The van der Waals surface area contributed by atoms with Crippen molar-refractivity contribution in [3.8, 4) is 0 Å². The molecule has 0 bridgehead atoms. The minimum Gasteiger partial charge on any atom is -0.379 e. The summed E-state index contributed by atoms with van der Waals surface area (Å²) in [4.78, 5) is 0. The highest BCUT2D eigenvalue weighted by atomic mass is 32.2. The highest BCUT2D eigenvalue weighted by molar-refractivity contribution is 7.85. The molecule has 19 heteroatoms. The molecule has 18 nitrogen and oxygen atoms in total.